The highest BCUT2D eigenvalue weighted by Gasteiger charge is 2.28. The second kappa shape index (κ2) is 6.99. The van der Waals surface area contributed by atoms with E-state index in [1.54, 1.807) is 18.3 Å². The Morgan fingerprint density at radius 1 is 1.15 bits per heavy atom. The van der Waals surface area contributed by atoms with Gasteiger partial charge in [-0.1, -0.05) is 0 Å². The maximum atomic E-state index is 13.2. The average molecular weight is 355 g/mol. The first-order valence-electron chi connectivity index (χ1n) is 8.97. The zero-order valence-corrected chi connectivity index (χ0v) is 14.8. The summed E-state index contributed by atoms with van der Waals surface area (Å²) in [5.41, 5.74) is 1.24. The van der Waals surface area contributed by atoms with Crippen LogP contribution < -0.4 is 10.2 Å². The topological polar surface area (TPSA) is 61.4 Å². The predicted octanol–water partition coefficient (Wildman–Crippen LogP) is 1.93. The van der Waals surface area contributed by atoms with Gasteiger partial charge in [-0.15, -0.1) is 0 Å². The number of carbonyl (C=O) groups is 1. The molecule has 1 saturated carbocycles. The lowest BCUT2D eigenvalue weighted by molar-refractivity contribution is 0.0950. The molecule has 7 heteroatoms. The minimum atomic E-state index is -0.298. The fourth-order valence-corrected chi connectivity index (χ4v) is 3.02. The maximum absolute atomic E-state index is 13.2. The quantitative estimate of drug-likeness (QED) is 0.908. The smallest absolute Gasteiger partial charge is 0.256 e. The van der Waals surface area contributed by atoms with E-state index in [4.69, 9.17) is 0 Å². The molecule has 2 aliphatic rings. The number of anilines is 1. The van der Waals surface area contributed by atoms with Crippen LogP contribution in [0.4, 0.5) is 10.2 Å². The van der Waals surface area contributed by atoms with Crippen LogP contribution in [-0.4, -0.2) is 60.0 Å². The van der Waals surface area contributed by atoms with Crippen molar-refractivity contribution in [1.29, 1.82) is 0 Å². The summed E-state index contributed by atoms with van der Waals surface area (Å²) in [5, 5.41) is 3.02. The molecule has 6 nitrogen and oxygen atoms in total. The monoisotopic (exact) mass is 355 g/mol. The second-order valence-electron chi connectivity index (χ2n) is 6.98. The van der Waals surface area contributed by atoms with Crippen LogP contribution in [-0.2, 0) is 0 Å². The average Bonchev–Trinajstić information content (AvgIpc) is 3.46. The normalized spacial score (nSPS) is 18.0. The number of piperazine rings is 1. The van der Waals surface area contributed by atoms with Gasteiger partial charge in [-0.25, -0.2) is 14.4 Å². The summed E-state index contributed by atoms with van der Waals surface area (Å²) in [5.74, 6) is 0.744. The number of likely N-dealkylation sites (N-methyl/N-ethyl adjacent to an activating group) is 1. The summed E-state index contributed by atoms with van der Waals surface area (Å²) < 4.78 is 13.2. The van der Waals surface area contributed by atoms with Crippen molar-refractivity contribution in [1.82, 2.24) is 20.2 Å². The molecule has 26 heavy (non-hydrogen) atoms. The van der Waals surface area contributed by atoms with Gasteiger partial charge in [0.1, 0.15) is 17.2 Å². The van der Waals surface area contributed by atoms with Crippen molar-refractivity contribution >= 4 is 11.7 Å². The summed E-state index contributed by atoms with van der Waals surface area (Å²) in [4.78, 5) is 26.1. The zero-order valence-electron chi connectivity index (χ0n) is 14.8. The third-order valence-electron chi connectivity index (χ3n) is 4.83. The Bertz CT molecular complexity index is 798. The van der Waals surface area contributed by atoms with E-state index in [2.05, 4.69) is 32.1 Å². The second-order valence-corrected chi connectivity index (χ2v) is 6.98. The number of carbonyl (C=O) groups excluding carboxylic acids is 1. The van der Waals surface area contributed by atoms with E-state index >= 15 is 0 Å². The molecule has 4 rings (SSSR count). The molecule has 2 fully saturated rings. The van der Waals surface area contributed by atoms with Crippen LogP contribution in [0.15, 0.2) is 30.5 Å². The van der Waals surface area contributed by atoms with Crippen molar-refractivity contribution in [3.8, 4) is 11.4 Å². The number of hydrogen-bond donors (Lipinski definition) is 1. The number of nitrogens with one attached hydrogen (secondary N) is 1. The Labute approximate surface area is 152 Å². The minimum Gasteiger partial charge on any atom is -0.353 e. The number of nitrogens with zero attached hydrogens (tertiary/aromatic N) is 4. The summed E-state index contributed by atoms with van der Waals surface area (Å²) in [6, 6.07) is 6.37. The van der Waals surface area contributed by atoms with Gasteiger partial charge in [-0.3, -0.25) is 4.79 Å². The number of halogens is 1. The van der Waals surface area contributed by atoms with Crippen molar-refractivity contribution < 1.29 is 9.18 Å². The van der Waals surface area contributed by atoms with Gasteiger partial charge in [0.25, 0.3) is 5.91 Å². The van der Waals surface area contributed by atoms with Crippen LogP contribution in [0.3, 0.4) is 0 Å². The van der Waals surface area contributed by atoms with Crippen LogP contribution in [0.1, 0.15) is 23.2 Å². The van der Waals surface area contributed by atoms with Gasteiger partial charge in [0.15, 0.2) is 5.82 Å². The largest absolute Gasteiger partial charge is 0.353 e. The number of aromatic nitrogens is 2. The molecule has 1 N–H and O–H groups in total. The Kier molecular flexibility index (Phi) is 4.55. The minimum absolute atomic E-state index is 0.118. The summed E-state index contributed by atoms with van der Waals surface area (Å²) in [6.07, 6.45) is 3.66. The van der Waals surface area contributed by atoms with Crippen LogP contribution in [0.2, 0.25) is 0 Å². The Hall–Kier alpha value is -2.54. The lowest BCUT2D eigenvalue weighted by atomic mass is 10.2. The molecule has 0 radical (unpaired) electrons. The molecule has 0 spiro atoms. The zero-order chi connectivity index (χ0) is 18.1. The van der Waals surface area contributed by atoms with Gasteiger partial charge >= 0.3 is 0 Å². The summed E-state index contributed by atoms with van der Waals surface area (Å²) >= 11 is 0. The molecule has 1 aliphatic heterocycles. The van der Waals surface area contributed by atoms with E-state index in [1.165, 1.54) is 12.1 Å². The molecule has 1 saturated heterocycles. The first-order valence-corrected chi connectivity index (χ1v) is 8.97. The number of benzene rings is 1. The highest BCUT2D eigenvalue weighted by Crippen LogP contribution is 2.25. The lowest BCUT2D eigenvalue weighted by Crippen LogP contribution is -2.45. The highest BCUT2D eigenvalue weighted by molar-refractivity contribution is 5.99. The molecular weight excluding hydrogens is 333 g/mol. The first kappa shape index (κ1) is 16.9. The molecule has 1 aromatic carbocycles. The molecule has 2 aromatic rings. The fourth-order valence-electron chi connectivity index (χ4n) is 3.02. The molecule has 1 aliphatic carbocycles. The van der Waals surface area contributed by atoms with Crippen molar-refractivity contribution in [2.75, 3.05) is 38.1 Å². The molecule has 2 heterocycles. The Balaban J connectivity index is 1.68. The first-order chi connectivity index (χ1) is 12.6. The van der Waals surface area contributed by atoms with Crippen molar-refractivity contribution in [3.05, 3.63) is 41.8 Å². The van der Waals surface area contributed by atoms with E-state index in [1.807, 2.05) is 0 Å². The lowest BCUT2D eigenvalue weighted by Gasteiger charge is -2.34. The fraction of sp³-hybridized carbons (Fsp3) is 0.421. The van der Waals surface area contributed by atoms with Crippen LogP contribution in [0, 0.1) is 5.82 Å². The summed E-state index contributed by atoms with van der Waals surface area (Å²) in [7, 11) is 2.09. The summed E-state index contributed by atoms with van der Waals surface area (Å²) in [6.45, 7) is 3.44. The Morgan fingerprint density at radius 3 is 2.50 bits per heavy atom. The van der Waals surface area contributed by atoms with Crippen LogP contribution in [0.5, 0.6) is 0 Å². The predicted molar refractivity (Wildman–Crippen MR) is 97.6 cm³/mol. The maximum Gasteiger partial charge on any atom is 0.256 e. The van der Waals surface area contributed by atoms with Crippen molar-refractivity contribution in [3.63, 3.8) is 0 Å². The van der Waals surface area contributed by atoms with E-state index in [0.29, 0.717) is 17.2 Å². The van der Waals surface area contributed by atoms with Gasteiger partial charge in [0.05, 0.1) is 0 Å². The van der Waals surface area contributed by atoms with E-state index in [0.717, 1.165) is 44.6 Å². The van der Waals surface area contributed by atoms with Crippen LogP contribution >= 0.6 is 0 Å². The number of amides is 1. The van der Waals surface area contributed by atoms with Gasteiger partial charge < -0.3 is 15.1 Å². The Morgan fingerprint density at radius 2 is 1.85 bits per heavy atom. The van der Waals surface area contributed by atoms with E-state index in [-0.39, 0.29) is 17.8 Å². The van der Waals surface area contributed by atoms with Gasteiger partial charge in [-0.05, 0) is 44.2 Å². The van der Waals surface area contributed by atoms with Gasteiger partial charge in [0, 0.05) is 44.0 Å². The molecule has 1 amide bonds. The molecule has 0 atom stereocenters. The molecule has 0 unspecified atom stereocenters. The molecular formula is C19H22FN5O. The SMILES string of the molecule is CN1CCN(c2nc(-c3ccc(F)cc3)ncc2C(=O)NC2CC2)CC1. The highest BCUT2D eigenvalue weighted by atomic mass is 19.1. The number of rotatable bonds is 4. The van der Waals surface area contributed by atoms with Crippen molar-refractivity contribution in [2.24, 2.45) is 0 Å². The van der Waals surface area contributed by atoms with Crippen LogP contribution in [0.25, 0.3) is 11.4 Å². The molecule has 1 aromatic heterocycles. The number of hydrogen-bond acceptors (Lipinski definition) is 5. The standard InChI is InChI=1S/C19H22FN5O/c1-24-8-10-25(11-9-24)18-16(19(26)22-15-6-7-15)12-21-17(23-18)13-2-4-14(20)5-3-13/h2-5,12,15H,6-11H2,1H3,(H,22,26). The van der Waals surface area contributed by atoms with E-state index < -0.39 is 0 Å². The molecule has 136 valence electrons. The molecule has 0 bridgehead atoms. The van der Waals surface area contributed by atoms with Crippen molar-refractivity contribution in [2.45, 2.75) is 18.9 Å². The van der Waals surface area contributed by atoms with Gasteiger partial charge in [0.2, 0.25) is 0 Å². The van der Waals surface area contributed by atoms with Gasteiger partial charge in [-0.2, -0.15) is 0 Å². The van der Waals surface area contributed by atoms with E-state index in [9.17, 15) is 9.18 Å². The third kappa shape index (κ3) is 3.67. The third-order valence-corrected chi connectivity index (χ3v) is 4.83.